The van der Waals surface area contributed by atoms with Crippen molar-refractivity contribution in [3.63, 3.8) is 0 Å². The highest BCUT2D eigenvalue weighted by molar-refractivity contribution is 5.83. The second-order valence-corrected chi connectivity index (χ2v) is 4.59. The van der Waals surface area contributed by atoms with Crippen LogP contribution in [-0.2, 0) is 14.3 Å². The van der Waals surface area contributed by atoms with Crippen LogP contribution in [0.5, 0.6) is 0 Å². The molecule has 1 atom stereocenters. The van der Waals surface area contributed by atoms with Gasteiger partial charge in [-0.25, -0.2) is 9.59 Å². The highest BCUT2D eigenvalue weighted by Crippen LogP contribution is 1.97. The van der Waals surface area contributed by atoms with Crippen molar-refractivity contribution in [2.45, 2.75) is 18.9 Å². The van der Waals surface area contributed by atoms with Gasteiger partial charge in [0.05, 0.1) is 6.61 Å². The lowest BCUT2D eigenvalue weighted by Gasteiger charge is -2.18. The van der Waals surface area contributed by atoms with Crippen LogP contribution in [-0.4, -0.2) is 74.4 Å². The highest BCUT2D eigenvalue weighted by atomic mass is 16.5. The number of carboxylic acids is 1. The molecule has 1 unspecified atom stereocenters. The SMILES string of the molecule is COCCN(C)CCNC(=O)NC(CCC(N)=O)C(=O)O. The largest absolute Gasteiger partial charge is 0.480 e. The maximum Gasteiger partial charge on any atom is 0.326 e. The topological polar surface area (TPSA) is 134 Å². The van der Waals surface area contributed by atoms with Gasteiger partial charge in [0, 0.05) is 33.2 Å². The lowest BCUT2D eigenvalue weighted by molar-refractivity contribution is -0.139. The van der Waals surface area contributed by atoms with Crippen LogP contribution in [0.4, 0.5) is 4.79 Å². The van der Waals surface area contributed by atoms with Gasteiger partial charge in [-0.05, 0) is 13.5 Å². The molecular weight excluding hydrogens is 280 g/mol. The van der Waals surface area contributed by atoms with Crippen molar-refractivity contribution < 1.29 is 24.2 Å². The minimum Gasteiger partial charge on any atom is -0.480 e. The normalized spacial score (nSPS) is 12.0. The molecule has 0 aromatic carbocycles. The number of hydrogen-bond acceptors (Lipinski definition) is 5. The van der Waals surface area contributed by atoms with E-state index in [1.54, 1.807) is 7.11 Å². The van der Waals surface area contributed by atoms with Gasteiger partial charge in [0.1, 0.15) is 6.04 Å². The minimum atomic E-state index is -1.20. The number of nitrogens with two attached hydrogens (primary N) is 1. The molecular formula is C12H24N4O5. The van der Waals surface area contributed by atoms with Crippen LogP contribution < -0.4 is 16.4 Å². The number of aliphatic carboxylic acids is 1. The van der Waals surface area contributed by atoms with Crippen molar-refractivity contribution in [2.24, 2.45) is 5.73 Å². The Morgan fingerprint density at radius 3 is 2.52 bits per heavy atom. The second kappa shape index (κ2) is 10.9. The van der Waals surface area contributed by atoms with E-state index in [4.69, 9.17) is 15.6 Å². The summed E-state index contributed by atoms with van der Waals surface area (Å²) >= 11 is 0. The van der Waals surface area contributed by atoms with Crippen molar-refractivity contribution in [2.75, 3.05) is 40.4 Å². The third-order valence-corrected chi connectivity index (χ3v) is 2.74. The molecule has 9 nitrogen and oxygen atoms in total. The van der Waals surface area contributed by atoms with E-state index in [2.05, 4.69) is 10.6 Å². The Hall–Kier alpha value is -1.87. The van der Waals surface area contributed by atoms with Crippen molar-refractivity contribution >= 4 is 17.9 Å². The van der Waals surface area contributed by atoms with Gasteiger partial charge in [-0.1, -0.05) is 0 Å². The summed E-state index contributed by atoms with van der Waals surface area (Å²) < 4.78 is 4.92. The number of carbonyl (C=O) groups is 3. The number of rotatable bonds is 11. The summed E-state index contributed by atoms with van der Waals surface area (Å²) in [6.45, 7) is 2.30. The monoisotopic (exact) mass is 304 g/mol. The van der Waals surface area contributed by atoms with Crippen LogP contribution in [0.15, 0.2) is 0 Å². The average molecular weight is 304 g/mol. The maximum atomic E-state index is 11.6. The molecule has 5 N–H and O–H groups in total. The first kappa shape index (κ1) is 19.1. The Balaban J connectivity index is 3.98. The molecule has 21 heavy (non-hydrogen) atoms. The fourth-order valence-electron chi connectivity index (χ4n) is 1.47. The Labute approximate surface area is 123 Å². The summed E-state index contributed by atoms with van der Waals surface area (Å²) in [5.74, 6) is -1.81. The van der Waals surface area contributed by atoms with Crippen molar-refractivity contribution in [3.05, 3.63) is 0 Å². The van der Waals surface area contributed by atoms with Crippen LogP contribution in [0.3, 0.4) is 0 Å². The molecule has 122 valence electrons. The molecule has 0 heterocycles. The molecule has 9 heteroatoms. The number of nitrogens with one attached hydrogen (secondary N) is 2. The van der Waals surface area contributed by atoms with E-state index in [9.17, 15) is 14.4 Å². The zero-order valence-corrected chi connectivity index (χ0v) is 12.4. The zero-order valence-electron chi connectivity index (χ0n) is 12.4. The minimum absolute atomic E-state index is 0.0359. The van der Waals surface area contributed by atoms with Crippen LogP contribution in [0.25, 0.3) is 0 Å². The number of urea groups is 1. The Morgan fingerprint density at radius 2 is 2.00 bits per heavy atom. The first-order valence-electron chi connectivity index (χ1n) is 6.59. The van der Waals surface area contributed by atoms with Crippen LogP contribution in [0, 0.1) is 0 Å². The van der Waals surface area contributed by atoms with Crippen molar-refractivity contribution in [1.82, 2.24) is 15.5 Å². The number of methoxy groups -OCH3 is 1. The molecule has 0 saturated carbocycles. The lowest BCUT2D eigenvalue weighted by atomic mass is 10.1. The van der Waals surface area contributed by atoms with E-state index in [-0.39, 0.29) is 12.8 Å². The Kier molecular flexibility index (Phi) is 9.90. The lowest BCUT2D eigenvalue weighted by Crippen LogP contribution is -2.47. The van der Waals surface area contributed by atoms with Crippen LogP contribution >= 0.6 is 0 Å². The fraction of sp³-hybridized carbons (Fsp3) is 0.750. The fourth-order valence-corrected chi connectivity index (χ4v) is 1.47. The Bertz CT molecular complexity index is 351. The van der Waals surface area contributed by atoms with Gasteiger partial charge < -0.3 is 31.1 Å². The standard InChI is InChI=1S/C12H24N4O5/c1-16(7-8-21-2)6-5-14-12(20)15-9(11(18)19)3-4-10(13)17/h9H,3-8H2,1-2H3,(H2,13,17)(H,18,19)(H2,14,15,20). The van der Waals surface area contributed by atoms with Crippen molar-refractivity contribution in [3.8, 4) is 0 Å². The molecule has 0 aromatic rings. The molecule has 3 amide bonds. The van der Waals surface area contributed by atoms with Gasteiger partial charge in [0.15, 0.2) is 0 Å². The first-order valence-corrected chi connectivity index (χ1v) is 6.59. The number of amides is 3. The molecule has 0 aliphatic rings. The zero-order chi connectivity index (χ0) is 16.3. The number of hydrogen-bond donors (Lipinski definition) is 4. The second-order valence-electron chi connectivity index (χ2n) is 4.59. The van der Waals surface area contributed by atoms with E-state index >= 15 is 0 Å². The molecule has 0 saturated heterocycles. The average Bonchev–Trinajstić information content (AvgIpc) is 2.40. The van der Waals surface area contributed by atoms with Crippen LogP contribution in [0.2, 0.25) is 0 Å². The van der Waals surface area contributed by atoms with E-state index in [0.29, 0.717) is 19.7 Å². The molecule has 0 aliphatic heterocycles. The van der Waals surface area contributed by atoms with Gasteiger partial charge in [0.2, 0.25) is 5.91 Å². The third-order valence-electron chi connectivity index (χ3n) is 2.74. The number of nitrogens with zero attached hydrogens (tertiary/aromatic N) is 1. The number of ether oxygens (including phenoxy) is 1. The van der Waals surface area contributed by atoms with Crippen molar-refractivity contribution in [1.29, 1.82) is 0 Å². The molecule has 0 spiro atoms. The van der Waals surface area contributed by atoms with E-state index < -0.39 is 23.9 Å². The maximum absolute atomic E-state index is 11.6. The van der Waals surface area contributed by atoms with Gasteiger partial charge in [-0.15, -0.1) is 0 Å². The summed E-state index contributed by atoms with van der Waals surface area (Å²) in [6.07, 6.45) is -0.136. The summed E-state index contributed by atoms with van der Waals surface area (Å²) in [5, 5.41) is 13.8. The van der Waals surface area contributed by atoms with Gasteiger partial charge in [-0.2, -0.15) is 0 Å². The molecule has 0 radical (unpaired) electrons. The first-order chi connectivity index (χ1) is 9.86. The molecule has 0 bridgehead atoms. The van der Waals surface area contributed by atoms with Crippen LogP contribution in [0.1, 0.15) is 12.8 Å². The van der Waals surface area contributed by atoms with Gasteiger partial charge in [0.25, 0.3) is 0 Å². The predicted octanol–water partition coefficient (Wildman–Crippen LogP) is -1.42. The molecule has 0 rings (SSSR count). The van der Waals surface area contributed by atoms with E-state index in [0.717, 1.165) is 6.54 Å². The van der Waals surface area contributed by atoms with Gasteiger partial charge in [-0.3, -0.25) is 4.79 Å². The highest BCUT2D eigenvalue weighted by Gasteiger charge is 2.20. The summed E-state index contributed by atoms with van der Waals surface area (Å²) in [6, 6.07) is -1.73. The molecule has 0 aromatic heterocycles. The number of carboxylic acid groups (broad SMARTS) is 1. The molecule has 0 fully saturated rings. The van der Waals surface area contributed by atoms with E-state index in [1.807, 2.05) is 11.9 Å². The van der Waals surface area contributed by atoms with E-state index in [1.165, 1.54) is 0 Å². The summed E-state index contributed by atoms with van der Waals surface area (Å²) in [7, 11) is 3.49. The Morgan fingerprint density at radius 1 is 1.33 bits per heavy atom. The number of carbonyl (C=O) groups excluding carboxylic acids is 2. The summed E-state index contributed by atoms with van der Waals surface area (Å²) in [5.41, 5.74) is 4.95. The quantitative estimate of drug-likeness (QED) is 0.370. The number of likely N-dealkylation sites (N-methyl/N-ethyl adjacent to an activating group) is 1. The third kappa shape index (κ3) is 10.6. The van der Waals surface area contributed by atoms with Gasteiger partial charge >= 0.3 is 12.0 Å². The molecule has 0 aliphatic carbocycles. The summed E-state index contributed by atoms with van der Waals surface area (Å²) in [4.78, 5) is 35.1. The smallest absolute Gasteiger partial charge is 0.326 e. The number of primary amides is 1. The predicted molar refractivity (Wildman–Crippen MR) is 75.8 cm³/mol.